The Morgan fingerprint density at radius 1 is 1.57 bits per heavy atom. The Morgan fingerprint density at radius 3 is 3.00 bits per heavy atom. The minimum absolute atomic E-state index is 0.119. The molecule has 0 spiro atoms. The lowest BCUT2D eigenvalue weighted by molar-refractivity contribution is -0.191. The monoisotopic (exact) mass is 200 g/mol. The van der Waals surface area contributed by atoms with E-state index in [9.17, 15) is 4.79 Å². The third kappa shape index (κ3) is 4.09. The van der Waals surface area contributed by atoms with Crippen molar-refractivity contribution < 1.29 is 14.3 Å². The lowest BCUT2D eigenvalue weighted by Gasteiger charge is -2.26. The summed E-state index contributed by atoms with van der Waals surface area (Å²) in [5.41, 5.74) is 0. The Labute approximate surface area is 85.8 Å². The van der Waals surface area contributed by atoms with Crippen LogP contribution >= 0.6 is 0 Å². The summed E-state index contributed by atoms with van der Waals surface area (Å²) in [6.07, 6.45) is 4.08. The van der Waals surface area contributed by atoms with Crippen LogP contribution in [0, 0.1) is 5.92 Å². The predicted molar refractivity (Wildman–Crippen MR) is 53.8 cm³/mol. The number of esters is 1. The van der Waals surface area contributed by atoms with Gasteiger partial charge in [-0.25, -0.2) is 0 Å². The lowest BCUT2D eigenvalue weighted by Crippen LogP contribution is -2.29. The van der Waals surface area contributed by atoms with Crippen LogP contribution in [-0.2, 0) is 14.3 Å². The third-order valence-corrected chi connectivity index (χ3v) is 2.51. The van der Waals surface area contributed by atoms with Crippen molar-refractivity contribution in [3.05, 3.63) is 0 Å². The quantitative estimate of drug-likeness (QED) is 0.654. The molecular weight excluding hydrogens is 180 g/mol. The number of ether oxygens (including phenoxy) is 2. The van der Waals surface area contributed by atoms with E-state index in [1.165, 1.54) is 0 Å². The molecule has 2 atom stereocenters. The molecule has 1 fully saturated rings. The summed E-state index contributed by atoms with van der Waals surface area (Å²) in [5, 5.41) is 0. The van der Waals surface area contributed by atoms with E-state index >= 15 is 0 Å². The number of rotatable bonds is 4. The number of carbonyl (C=O) groups is 1. The van der Waals surface area contributed by atoms with E-state index in [0.717, 1.165) is 25.7 Å². The van der Waals surface area contributed by atoms with E-state index in [-0.39, 0.29) is 12.3 Å². The second-order valence-electron chi connectivity index (χ2n) is 4.02. The van der Waals surface area contributed by atoms with E-state index < -0.39 is 0 Å². The van der Waals surface area contributed by atoms with Crippen molar-refractivity contribution in [2.24, 2.45) is 5.92 Å². The van der Waals surface area contributed by atoms with Crippen molar-refractivity contribution in [1.82, 2.24) is 0 Å². The fraction of sp³-hybridized carbons (Fsp3) is 0.909. The average Bonchev–Trinajstić information content (AvgIpc) is 2.15. The highest BCUT2D eigenvalue weighted by molar-refractivity contribution is 5.69. The zero-order chi connectivity index (χ0) is 10.4. The normalized spacial score (nSPS) is 27.3. The minimum Gasteiger partial charge on any atom is -0.436 e. The van der Waals surface area contributed by atoms with Gasteiger partial charge in [-0.2, -0.15) is 0 Å². The Bertz CT molecular complexity index is 179. The number of carbonyl (C=O) groups excluding carboxylic acids is 1. The Kier molecular flexibility index (Phi) is 4.94. The van der Waals surface area contributed by atoms with E-state index in [0.29, 0.717) is 18.9 Å². The molecule has 1 saturated heterocycles. The summed E-state index contributed by atoms with van der Waals surface area (Å²) in [4.78, 5) is 11.3. The molecule has 0 saturated carbocycles. The smallest absolute Gasteiger partial charge is 0.308 e. The van der Waals surface area contributed by atoms with Crippen LogP contribution in [0.25, 0.3) is 0 Å². The van der Waals surface area contributed by atoms with E-state index in [1.807, 2.05) is 0 Å². The molecule has 0 aliphatic carbocycles. The van der Waals surface area contributed by atoms with Crippen LogP contribution < -0.4 is 0 Å². The van der Waals surface area contributed by atoms with Gasteiger partial charge in [0, 0.05) is 12.8 Å². The SMILES string of the molecule is CCCCC(=O)OC1CC(C)CCO1. The summed E-state index contributed by atoms with van der Waals surface area (Å²) < 4.78 is 10.6. The number of hydrogen-bond donors (Lipinski definition) is 0. The van der Waals surface area contributed by atoms with Gasteiger partial charge in [-0.1, -0.05) is 20.3 Å². The first kappa shape index (κ1) is 11.5. The topological polar surface area (TPSA) is 35.5 Å². The number of unbranched alkanes of at least 4 members (excludes halogenated alkanes) is 1. The first-order valence-electron chi connectivity index (χ1n) is 5.53. The molecule has 14 heavy (non-hydrogen) atoms. The standard InChI is InChI=1S/C11H20O3/c1-3-4-5-10(12)14-11-8-9(2)6-7-13-11/h9,11H,3-8H2,1-2H3. The Hall–Kier alpha value is -0.570. The highest BCUT2D eigenvalue weighted by Gasteiger charge is 2.22. The van der Waals surface area contributed by atoms with Crippen molar-refractivity contribution in [3.8, 4) is 0 Å². The summed E-state index contributed by atoms with van der Waals surface area (Å²) in [5.74, 6) is 0.485. The lowest BCUT2D eigenvalue weighted by atomic mass is 10.0. The first-order chi connectivity index (χ1) is 6.72. The maximum absolute atomic E-state index is 11.3. The molecule has 0 radical (unpaired) electrons. The molecule has 0 N–H and O–H groups in total. The van der Waals surface area contributed by atoms with Crippen LogP contribution in [0.3, 0.4) is 0 Å². The maximum atomic E-state index is 11.3. The molecule has 0 aromatic carbocycles. The largest absolute Gasteiger partial charge is 0.436 e. The van der Waals surface area contributed by atoms with Crippen molar-refractivity contribution >= 4 is 5.97 Å². The summed E-state index contributed by atoms with van der Waals surface area (Å²) >= 11 is 0. The van der Waals surface area contributed by atoms with Gasteiger partial charge in [0.15, 0.2) is 0 Å². The fourth-order valence-electron chi connectivity index (χ4n) is 1.52. The molecule has 1 aliphatic rings. The molecular formula is C11H20O3. The molecule has 3 nitrogen and oxygen atoms in total. The molecule has 0 bridgehead atoms. The average molecular weight is 200 g/mol. The second-order valence-corrected chi connectivity index (χ2v) is 4.02. The maximum Gasteiger partial charge on any atom is 0.308 e. The van der Waals surface area contributed by atoms with E-state index in [1.54, 1.807) is 0 Å². The van der Waals surface area contributed by atoms with Crippen LogP contribution in [0.4, 0.5) is 0 Å². The van der Waals surface area contributed by atoms with Crippen LogP contribution in [-0.4, -0.2) is 18.9 Å². The van der Waals surface area contributed by atoms with Gasteiger partial charge in [0.2, 0.25) is 6.29 Å². The zero-order valence-electron chi connectivity index (χ0n) is 9.12. The van der Waals surface area contributed by atoms with Crippen molar-refractivity contribution in [3.63, 3.8) is 0 Å². The predicted octanol–water partition coefficient (Wildman–Crippen LogP) is 2.49. The minimum atomic E-state index is -0.289. The van der Waals surface area contributed by atoms with Gasteiger partial charge in [-0.05, 0) is 18.8 Å². The summed E-state index contributed by atoms with van der Waals surface area (Å²) in [6.45, 7) is 4.94. The van der Waals surface area contributed by atoms with Crippen LogP contribution in [0.15, 0.2) is 0 Å². The van der Waals surface area contributed by atoms with Gasteiger partial charge in [0.05, 0.1) is 6.61 Å². The number of hydrogen-bond acceptors (Lipinski definition) is 3. The molecule has 82 valence electrons. The third-order valence-electron chi connectivity index (χ3n) is 2.51. The summed E-state index contributed by atoms with van der Waals surface area (Å²) in [6, 6.07) is 0. The Morgan fingerprint density at radius 2 is 2.36 bits per heavy atom. The summed E-state index contributed by atoms with van der Waals surface area (Å²) in [7, 11) is 0. The molecule has 0 aromatic rings. The highest BCUT2D eigenvalue weighted by atomic mass is 16.7. The Balaban J connectivity index is 2.18. The molecule has 1 aliphatic heterocycles. The van der Waals surface area contributed by atoms with Crippen LogP contribution in [0.5, 0.6) is 0 Å². The van der Waals surface area contributed by atoms with E-state index in [2.05, 4.69) is 13.8 Å². The first-order valence-corrected chi connectivity index (χ1v) is 5.53. The second kappa shape index (κ2) is 6.02. The molecule has 2 unspecified atom stereocenters. The highest BCUT2D eigenvalue weighted by Crippen LogP contribution is 2.20. The molecule has 1 rings (SSSR count). The van der Waals surface area contributed by atoms with Crippen LogP contribution in [0.2, 0.25) is 0 Å². The zero-order valence-corrected chi connectivity index (χ0v) is 9.12. The molecule has 0 aromatic heterocycles. The molecule has 3 heteroatoms. The van der Waals surface area contributed by atoms with Gasteiger partial charge < -0.3 is 9.47 Å². The van der Waals surface area contributed by atoms with Gasteiger partial charge >= 0.3 is 5.97 Å². The van der Waals surface area contributed by atoms with Gasteiger partial charge in [-0.15, -0.1) is 0 Å². The van der Waals surface area contributed by atoms with Gasteiger partial charge in [-0.3, -0.25) is 4.79 Å². The van der Waals surface area contributed by atoms with E-state index in [4.69, 9.17) is 9.47 Å². The van der Waals surface area contributed by atoms with Crippen molar-refractivity contribution in [2.75, 3.05) is 6.61 Å². The van der Waals surface area contributed by atoms with Crippen molar-refractivity contribution in [1.29, 1.82) is 0 Å². The van der Waals surface area contributed by atoms with Gasteiger partial charge in [0.25, 0.3) is 0 Å². The van der Waals surface area contributed by atoms with Crippen LogP contribution in [0.1, 0.15) is 46.0 Å². The molecule has 1 heterocycles. The fourth-order valence-corrected chi connectivity index (χ4v) is 1.52. The van der Waals surface area contributed by atoms with Crippen molar-refractivity contribution in [2.45, 2.75) is 52.2 Å². The molecule has 0 amide bonds. The van der Waals surface area contributed by atoms with Gasteiger partial charge in [0.1, 0.15) is 0 Å².